The summed E-state index contributed by atoms with van der Waals surface area (Å²) in [6.45, 7) is 10.1. The summed E-state index contributed by atoms with van der Waals surface area (Å²) in [6.07, 6.45) is 1.31. The molecule has 0 aromatic carbocycles. The first-order valence-corrected chi connectivity index (χ1v) is 10.1. The fraction of sp³-hybridized carbons (Fsp3) is 0.875. The van der Waals surface area contributed by atoms with Crippen molar-refractivity contribution in [2.75, 3.05) is 24.6 Å². The minimum Gasteiger partial charge on any atom is -0.355 e. The summed E-state index contributed by atoms with van der Waals surface area (Å²) in [7, 11) is -3.07. The standard InChI is InChI=1S/C16H30N2O4S/c1-6-18(13-8-10-23(21,22)11-13)15(20)16(4,5)14(19)17-9-7-12(2)3/h12-13H,6-11H2,1-5H3,(H,17,19). The van der Waals surface area contributed by atoms with Crippen molar-refractivity contribution < 1.29 is 18.0 Å². The fourth-order valence-corrected chi connectivity index (χ4v) is 4.47. The van der Waals surface area contributed by atoms with Gasteiger partial charge in [-0.3, -0.25) is 9.59 Å². The molecular formula is C16H30N2O4S. The van der Waals surface area contributed by atoms with Crippen molar-refractivity contribution in [2.24, 2.45) is 11.3 Å². The van der Waals surface area contributed by atoms with Gasteiger partial charge in [0.2, 0.25) is 11.8 Å². The minimum atomic E-state index is -3.07. The van der Waals surface area contributed by atoms with Gasteiger partial charge in [0.05, 0.1) is 11.5 Å². The Balaban J connectivity index is 2.76. The van der Waals surface area contributed by atoms with E-state index in [9.17, 15) is 18.0 Å². The lowest BCUT2D eigenvalue weighted by molar-refractivity contribution is -0.149. The highest BCUT2D eigenvalue weighted by Crippen LogP contribution is 2.25. The lowest BCUT2D eigenvalue weighted by atomic mass is 9.89. The Morgan fingerprint density at radius 1 is 1.30 bits per heavy atom. The van der Waals surface area contributed by atoms with Crippen LogP contribution in [-0.4, -0.2) is 55.8 Å². The van der Waals surface area contributed by atoms with Crippen LogP contribution in [-0.2, 0) is 19.4 Å². The predicted octanol–water partition coefficient (Wildman–Crippen LogP) is 1.21. The second-order valence-corrected chi connectivity index (χ2v) is 9.44. The van der Waals surface area contributed by atoms with E-state index in [-0.39, 0.29) is 29.4 Å². The second kappa shape index (κ2) is 7.64. The number of hydrogen-bond donors (Lipinski definition) is 1. The van der Waals surface area contributed by atoms with E-state index in [1.807, 2.05) is 6.92 Å². The Labute approximate surface area is 139 Å². The monoisotopic (exact) mass is 346 g/mol. The third-order valence-electron chi connectivity index (χ3n) is 4.36. The summed E-state index contributed by atoms with van der Waals surface area (Å²) in [5, 5.41) is 2.82. The van der Waals surface area contributed by atoms with Crippen molar-refractivity contribution in [3.05, 3.63) is 0 Å². The third-order valence-corrected chi connectivity index (χ3v) is 6.11. The number of rotatable bonds is 7. The first-order valence-electron chi connectivity index (χ1n) is 8.31. The summed E-state index contributed by atoms with van der Waals surface area (Å²) < 4.78 is 23.3. The number of amides is 2. The smallest absolute Gasteiger partial charge is 0.237 e. The van der Waals surface area contributed by atoms with Crippen LogP contribution in [0, 0.1) is 11.3 Å². The van der Waals surface area contributed by atoms with Gasteiger partial charge in [0.25, 0.3) is 0 Å². The van der Waals surface area contributed by atoms with Crippen molar-refractivity contribution in [2.45, 2.75) is 53.5 Å². The summed E-state index contributed by atoms with van der Waals surface area (Å²) in [5.74, 6) is -0.0170. The van der Waals surface area contributed by atoms with Gasteiger partial charge in [-0.2, -0.15) is 0 Å². The van der Waals surface area contributed by atoms with Crippen molar-refractivity contribution in [1.29, 1.82) is 0 Å². The van der Waals surface area contributed by atoms with Crippen LogP contribution in [0.1, 0.15) is 47.5 Å². The van der Waals surface area contributed by atoms with Gasteiger partial charge in [-0.1, -0.05) is 13.8 Å². The molecule has 6 nitrogen and oxygen atoms in total. The second-order valence-electron chi connectivity index (χ2n) is 7.21. The maximum Gasteiger partial charge on any atom is 0.237 e. The molecule has 1 saturated heterocycles. The van der Waals surface area contributed by atoms with E-state index in [1.165, 1.54) is 0 Å². The highest BCUT2D eigenvalue weighted by molar-refractivity contribution is 7.91. The zero-order chi connectivity index (χ0) is 17.8. The number of nitrogens with one attached hydrogen (secondary N) is 1. The van der Waals surface area contributed by atoms with Gasteiger partial charge in [-0.15, -0.1) is 0 Å². The van der Waals surface area contributed by atoms with Crippen molar-refractivity contribution in [3.63, 3.8) is 0 Å². The lowest BCUT2D eigenvalue weighted by Crippen LogP contribution is -2.53. The molecule has 1 aliphatic rings. The van der Waals surface area contributed by atoms with Crippen LogP contribution in [0.25, 0.3) is 0 Å². The molecule has 1 heterocycles. The fourth-order valence-electron chi connectivity index (χ4n) is 2.74. The number of hydrogen-bond acceptors (Lipinski definition) is 4. The molecule has 0 radical (unpaired) electrons. The van der Waals surface area contributed by atoms with Gasteiger partial charge >= 0.3 is 0 Å². The molecule has 1 aliphatic heterocycles. The molecule has 7 heteroatoms. The molecule has 1 N–H and O–H groups in total. The molecule has 0 aromatic rings. The van der Waals surface area contributed by atoms with E-state index in [1.54, 1.807) is 18.7 Å². The molecule has 1 atom stereocenters. The first kappa shape index (κ1) is 19.9. The highest BCUT2D eigenvalue weighted by atomic mass is 32.2. The summed E-state index contributed by atoms with van der Waals surface area (Å²) in [6, 6.07) is -0.319. The SMILES string of the molecule is CCN(C(=O)C(C)(C)C(=O)NCCC(C)C)C1CCS(=O)(=O)C1. The van der Waals surface area contributed by atoms with Gasteiger partial charge in [0.1, 0.15) is 5.41 Å². The normalized spacial score (nSPS) is 20.5. The van der Waals surface area contributed by atoms with Crippen LogP contribution in [0.15, 0.2) is 0 Å². The van der Waals surface area contributed by atoms with Crippen LogP contribution in [0.4, 0.5) is 0 Å². The molecule has 1 rings (SSSR count). The molecule has 1 unspecified atom stereocenters. The summed E-state index contributed by atoms with van der Waals surface area (Å²) in [5.41, 5.74) is -1.20. The van der Waals surface area contributed by atoms with E-state index in [0.717, 1.165) is 6.42 Å². The van der Waals surface area contributed by atoms with Crippen LogP contribution in [0.3, 0.4) is 0 Å². The first-order chi connectivity index (χ1) is 10.5. The van der Waals surface area contributed by atoms with Gasteiger partial charge < -0.3 is 10.2 Å². The number of carbonyl (C=O) groups is 2. The van der Waals surface area contributed by atoms with Gasteiger partial charge in [0, 0.05) is 19.1 Å². The topological polar surface area (TPSA) is 83.6 Å². The van der Waals surface area contributed by atoms with Crippen LogP contribution in [0.2, 0.25) is 0 Å². The van der Waals surface area contributed by atoms with E-state index >= 15 is 0 Å². The van der Waals surface area contributed by atoms with Crippen molar-refractivity contribution in [3.8, 4) is 0 Å². The molecule has 0 bridgehead atoms. The Morgan fingerprint density at radius 2 is 1.91 bits per heavy atom. The van der Waals surface area contributed by atoms with Gasteiger partial charge in [-0.05, 0) is 39.5 Å². The number of carbonyl (C=O) groups excluding carboxylic acids is 2. The van der Waals surface area contributed by atoms with Crippen molar-refractivity contribution >= 4 is 21.7 Å². The molecule has 134 valence electrons. The van der Waals surface area contributed by atoms with E-state index in [4.69, 9.17) is 0 Å². The molecule has 1 fully saturated rings. The number of nitrogens with zero attached hydrogens (tertiary/aromatic N) is 1. The average Bonchev–Trinajstić information content (AvgIpc) is 2.79. The molecule has 0 saturated carbocycles. The Hall–Kier alpha value is -1.11. The zero-order valence-corrected chi connectivity index (χ0v) is 15.7. The number of sulfone groups is 1. The maximum atomic E-state index is 12.8. The lowest BCUT2D eigenvalue weighted by Gasteiger charge is -2.34. The quantitative estimate of drug-likeness (QED) is 0.702. The molecule has 2 amide bonds. The Bertz CT molecular complexity index is 540. The average molecular weight is 346 g/mol. The Morgan fingerprint density at radius 3 is 2.35 bits per heavy atom. The highest BCUT2D eigenvalue weighted by Gasteiger charge is 2.43. The van der Waals surface area contributed by atoms with E-state index < -0.39 is 15.3 Å². The Kier molecular flexibility index (Phi) is 6.62. The van der Waals surface area contributed by atoms with E-state index in [2.05, 4.69) is 19.2 Å². The molecule has 0 spiro atoms. The summed E-state index contributed by atoms with van der Waals surface area (Å²) in [4.78, 5) is 26.7. The third kappa shape index (κ3) is 5.19. The van der Waals surface area contributed by atoms with Crippen LogP contribution >= 0.6 is 0 Å². The van der Waals surface area contributed by atoms with Crippen LogP contribution in [0.5, 0.6) is 0 Å². The zero-order valence-electron chi connectivity index (χ0n) is 14.9. The van der Waals surface area contributed by atoms with Gasteiger partial charge in [-0.25, -0.2) is 8.42 Å². The van der Waals surface area contributed by atoms with Crippen molar-refractivity contribution in [1.82, 2.24) is 10.2 Å². The molecule has 0 aliphatic carbocycles. The van der Waals surface area contributed by atoms with E-state index in [0.29, 0.717) is 25.4 Å². The largest absolute Gasteiger partial charge is 0.355 e. The molecular weight excluding hydrogens is 316 g/mol. The van der Waals surface area contributed by atoms with Gasteiger partial charge in [0.15, 0.2) is 9.84 Å². The predicted molar refractivity (Wildman–Crippen MR) is 90.7 cm³/mol. The molecule has 0 aromatic heterocycles. The van der Waals surface area contributed by atoms with Crippen LogP contribution < -0.4 is 5.32 Å². The minimum absolute atomic E-state index is 0.00235. The summed E-state index contributed by atoms with van der Waals surface area (Å²) >= 11 is 0. The molecule has 23 heavy (non-hydrogen) atoms. The maximum absolute atomic E-state index is 12.8.